The van der Waals surface area contributed by atoms with Crippen molar-refractivity contribution in [2.75, 3.05) is 23.3 Å². The van der Waals surface area contributed by atoms with Crippen molar-refractivity contribution >= 4 is 22.9 Å². The quantitative estimate of drug-likeness (QED) is 0.527. The number of rotatable bonds is 4. The van der Waals surface area contributed by atoms with Gasteiger partial charge in [-0.1, -0.05) is 25.0 Å². The molecule has 0 spiro atoms. The highest BCUT2D eigenvalue weighted by Gasteiger charge is 2.41. The Kier molecular flexibility index (Phi) is 6.06. The molecule has 1 saturated carbocycles. The molecular weight excluding hydrogens is 459 g/mol. The Morgan fingerprint density at radius 2 is 1.77 bits per heavy atom. The van der Waals surface area contributed by atoms with Crippen molar-refractivity contribution in [3.8, 4) is 0 Å². The minimum absolute atomic E-state index is 0.0250. The molecule has 0 atom stereocenters. The van der Waals surface area contributed by atoms with Gasteiger partial charge in [-0.15, -0.1) is 0 Å². The highest BCUT2D eigenvalue weighted by atomic mass is 19.4. The Labute approximate surface area is 200 Å². The van der Waals surface area contributed by atoms with Crippen molar-refractivity contribution in [1.82, 2.24) is 14.6 Å². The van der Waals surface area contributed by atoms with E-state index in [4.69, 9.17) is 0 Å². The smallest absolute Gasteiger partial charge is 0.370 e. The van der Waals surface area contributed by atoms with Crippen LogP contribution in [0.25, 0.3) is 5.65 Å². The number of aryl methyl sites for hydroxylation is 1. The first-order valence-electron chi connectivity index (χ1n) is 12.1. The fourth-order valence-electron chi connectivity index (χ4n) is 5.46. The molecule has 10 heteroatoms. The number of anilines is 2. The van der Waals surface area contributed by atoms with Crippen molar-refractivity contribution in [1.29, 1.82) is 0 Å². The third-order valence-electron chi connectivity index (χ3n) is 7.12. The van der Waals surface area contributed by atoms with Crippen LogP contribution in [0.4, 0.5) is 24.5 Å². The normalized spacial score (nSPS) is 17.3. The average Bonchev–Trinajstić information content (AvgIpc) is 3.48. The highest BCUT2D eigenvalue weighted by Crippen LogP contribution is 2.42. The molecule has 2 aromatic heterocycles. The van der Waals surface area contributed by atoms with E-state index in [2.05, 4.69) is 20.3 Å². The Morgan fingerprint density at radius 3 is 2.46 bits per heavy atom. The number of H-pyrrole nitrogens is 1. The molecular formula is C25H28F3N5O2. The fourth-order valence-corrected chi connectivity index (χ4v) is 5.46. The first kappa shape index (κ1) is 23.4. The Balaban J connectivity index is 1.56. The number of para-hydroxylation sites is 2. The summed E-state index contributed by atoms with van der Waals surface area (Å²) in [5, 5.41) is 6.48. The molecule has 0 radical (unpaired) electrons. The zero-order valence-electron chi connectivity index (χ0n) is 19.5. The molecule has 0 unspecified atom stereocenters. The van der Waals surface area contributed by atoms with Crippen molar-refractivity contribution in [3.63, 3.8) is 0 Å². The van der Waals surface area contributed by atoms with Gasteiger partial charge in [-0.25, -0.2) is 0 Å². The number of halogens is 3. The Hall–Kier alpha value is -3.30. The van der Waals surface area contributed by atoms with Crippen molar-refractivity contribution in [2.45, 2.75) is 64.0 Å². The number of nitrogens with zero attached hydrogens (tertiary/aromatic N) is 3. The lowest BCUT2D eigenvalue weighted by Crippen LogP contribution is -2.32. The van der Waals surface area contributed by atoms with Crippen LogP contribution >= 0.6 is 0 Å². The number of carbonyl (C=O) groups excluding carboxylic acids is 1. The van der Waals surface area contributed by atoms with E-state index in [1.54, 1.807) is 12.1 Å². The van der Waals surface area contributed by atoms with Gasteiger partial charge < -0.3 is 15.2 Å². The van der Waals surface area contributed by atoms with Gasteiger partial charge in [-0.3, -0.25) is 9.59 Å². The second-order valence-electron chi connectivity index (χ2n) is 9.45. The van der Waals surface area contributed by atoms with Crippen LogP contribution in [0.2, 0.25) is 0 Å². The van der Waals surface area contributed by atoms with E-state index in [1.165, 1.54) is 6.92 Å². The molecule has 35 heavy (non-hydrogen) atoms. The molecule has 2 aliphatic rings. The van der Waals surface area contributed by atoms with Crippen molar-refractivity contribution < 1.29 is 18.0 Å². The van der Waals surface area contributed by atoms with E-state index in [-0.39, 0.29) is 28.4 Å². The summed E-state index contributed by atoms with van der Waals surface area (Å²) in [7, 11) is 0. The highest BCUT2D eigenvalue weighted by molar-refractivity contribution is 6.06. The van der Waals surface area contributed by atoms with Gasteiger partial charge in [0.05, 0.1) is 11.4 Å². The summed E-state index contributed by atoms with van der Waals surface area (Å²) in [5.74, 6) is -1.00. The lowest BCUT2D eigenvalue weighted by atomic mass is 9.97. The lowest BCUT2D eigenvalue weighted by Gasteiger charge is -2.30. The molecule has 1 aliphatic carbocycles. The Bertz CT molecular complexity index is 1320. The summed E-state index contributed by atoms with van der Waals surface area (Å²) in [4.78, 5) is 31.7. The molecule has 2 N–H and O–H groups in total. The van der Waals surface area contributed by atoms with Crippen LogP contribution in [0.3, 0.4) is 0 Å². The SMILES string of the molecule is Cc1[nH]c2c(C3CCCC3)c(C(F)(F)F)nn2c(=O)c1C(=O)Nc1ccccc1N1CCCCC1. The van der Waals surface area contributed by atoms with E-state index in [0.29, 0.717) is 18.5 Å². The molecule has 5 rings (SSSR count). The van der Waals surface area contributed by atoms with Crippen LogP contribution in [0.15, 0.2) is 29.1 Å². The van der Waals surface area contributed by atoms with Crippen molar-refractivity contribution in [3.05, 3.63) is 57.1 Å². The molecule has 186 valence electrons. The summed E-state index contributed by atoms with van der Waals surface area (Å²) in [6, 6.07) is 7.35. The molecule has 7 nitrogen and oxygen atoms in total. The number of aromatic nitrogens is 3. The van der Waals surface area contributed by atoms with Gasteiger partial charge in [0.1, 0.15) is 11.2 Å². The van der Waals surface area contributed by atoms with Crippen LogP contribution in [0.1, 0.15) is 78.2 Å². The molecule has 2 fully saturated rings. The van der Waals surface area contributed by atoms with Crippen LogP contribution in [-0.2, 0) is 6.18 Å². The number of piperidine rings is 1. The summed E-state index contributed by atoms with van der Waals surface area (Å²) in [6.45, 7) is 3.28. The largest absolute Gasteiger partial charge is 0.435 e. The first-order chi connectivity index (χ1) is 16.8. The summed E-state index contributed by atoms with van der Waals surface area (Å²) in [6.07, 6.45) is 1.46. The number of amides is 1. The number of benzene rings is 1. The molecule has 1 aromatic carbocycles. The molecule has 0 bridgehead atoms. The minimum Gasteiger partial charge on any atom is -0.370 e. The van der Waals surface area contributed by atoms with Crippen LogP contribution in [-0.4, -0.2) is 33.6 Å². The number of fused-ring (bicyclic) bond motifs is 1. The van der Waals surface area contributed by atoms with E-state index >= 15 is 0 Å². The molecule has 3 aromatic rings. The third kappa shape index (κ3) is 4.30. The molecule has 3 heterocycles. The van der Waals surface area contributed by atoms with Gasteiger partial charge in [-0.2, -0.15) is 22.8 Å². The molecule has 1 saturated heterocycles. The zero-order chi connectivity index (χ0) is 24.7. The standard InChI is InChI=1S/C25H28F3N5O2/c1-15-19(23(34)30-17-11-5-6-12-18(17)32-13-7-2-8-14-32)24(35)33-22(29-15)20(16-9-3-4-10-16)21(31-33)25(26,27)28/h5-6,11-12,16,29H,2-4,7-10,13-14H2,1H3,(H,30,34). The second-order valence-corrected chi connectivity index (χ2v) is 9.45. The maximum absolute atomic E-state index is 13.9. The molecule has 1 amide bonds. The van der Waals surface area contributed by atoms with Gasteiger partial charge >= 0.3 is 6.18 Å². The first-order valence-corrected chi connectivity index (χ1v) is 12.1. The summed E-state index contributed by atoms with van der Waals surface area (Å²) >= 11 is 0. The van der Waals surface area contributed by atoms with Crippen LogP contribution in [0.5, 0.6) is 0 Å². The average molecular weight is 488 g/mol. The zero-order valence-corrected chi connectivity index (χ0v) is 19.5. The monoisotopic (exact) mass is 487 g/mol. The van der Waals surface area contributed by atoms with Gasteiger partial charge in [0.2, 0.25) is 0 Å². The predicted molar refractivity (Wildman–Crippen MR) is 127 cm³/mol. The third-order valence-corrected chi connectivity index (χ3v) is 7.12. The van der Waals surface area contributed by atoms with Gasteiger partial charge in [-0.05, 0) is 57.1 Å². The number of alkyl halides is 3. The lowest BCUT2D eigenvalue weighted by molar-refractivity contribution is -0.142. The summed E-state index contributed by atoms with van der Waals surface area (Å²) < 4.78 is 42.3. The Morgan fingerprint density at radius 1 is 1.09 bits per heavy atom. The van der Waals surface area contributed by atoms with E-state index in [9.17, 15) is 22.8 Å². The van der Waals surface area contributed by atoms with Crippen molar-refractivity contribution in [2.24, 2.45) is 0 Å². The number of hydrogen-bond acceptors (Lipinski definition) is 4. The van der Waals surface area contributed by atoms with E-state index in [1.807, 2.05) is 12.1 Å². The maximum Gasteiger partial charge on any atom is 0.435 e. The molecule has 1 aliphatic heterocycles. The number of nitrogens with one attached hydrogen (secondary N) is 2. The van der Waals surface area contributed by atoms with Gasteiger partial charge in [0.25, 0.3) is 11.5 Å². The summed E-state index contributed by atoms with van der Waals surface area (Å²) in [5.41, 5.74) is -0.485. The van der Waals surface area contributed by atoms with E-state index < -0.39 is 23.3 Å². The topological polar surface area (TPSA) is 82.5 Å². The van der Waals surface area contributed by atoms with E-state index in [0.717, 1.165) is 55.4 Å². The van der Waals surface area contributed by atoms with Crippen LogP contribution in [0, 0.1) is 6.92 Å². The number of carbonyl (C=O) groups is 1. The number of hydrogen-bond donors (Lipinski definition) is 2. The maximum atomic E-state index is 13.9. The number of aromatic amines is 1. The van der Waals surface area contributed by atoms with Gasteiger partial charge in [0.15, 0.2) is 5.69 Å². The predicted octanol–water partition coefficient (Wildman–Crippen LogP) is 5.25. The second kappa shape index (κ2) is 9.05. The fraction of sp³-hybridized carbons (Fsp3) is 0.480. The van der Waals surface area contributed by atoms with Gasteiger partial charge in [0, 0.05) is 24.3 Å². The van der Waals surface area contributed by atoms with Crippen LogP contribution < -0.4 is 15.8 Å². The minimum atomic E-state index is -4.70.